The minimum absolute atomic E-state index is 0.130. The van der Waals surface area contributed by atoms with Crippen LogP contribution in [0.3, 0.4) is 0 Å². The average Bonchev–Trinajstić information content (AvgIpc) is 2.80. The van der Waals surface area contributed by atoms with E-state index < -0.39 is 0 Å². The van der Waals surface area contributed by atoms with Gasteiger partial charge in [0, 0.05) is 30.1 Å². The molecule has 0 spiro atoms. The minimum atomic E-state index is -0.353. The maximum absolute atomic E-state index is 10.9. The van der Waals surface area contributed by atoms with Gasteiger partial charge in [-0.3, -0.25) is 14.9 Å². The highest BCUT2D eigenvalue weighted by Gasteiger charge is 2.16. The number of carbonyl (C=O) groups excluding carboxylic acids is 1. The first-order chi connectivity index (χ1) is 11.0. The Morgan fingerprint density at radius 2 is 1.78 bits per heavy atom. The Labute approximate surface area is 133 Å². The summed E-state index contributed by atoms with van der Waals surface area (Å²) >= 11 is 0. The van der Waals surface area contributed by atoms with Crippen molar-refractivity contribution in [2.45, 2.75) is 6.92 Å². The van der Waals surface area contributed by atoms with Gasteiger partial charge in [-0.2, -0.15) is 0 Å². The van der Waals surface area contributed by atoms with E-state index in [-0.39, 0.29) is 17.0 Å². The number of rotatable bonds is 2. The number of hydrogen-bond acceptors (Lipinski definition) is 3. The van der Waals surface area contributed by atoms with Crippen molar-refractivity contribution in [3.05, 3.63) is 64.2 Å². The Morgan fingerprint density at radius 1 is 1.17 bits per heavy atom. The molecule has 0 unspecified atom stereocenters. The van der Waals surface area contributed by atoms with Gasteiger partial charge in [0.1, 0.15) is 0 Å². The number of primary amides is 1. The molecular formula is C17H17N3O3. The zero-order valence-corrected chi connectivity index (χ0v) is 12.9. The number of aromatic nitrogens is 1. The van der Waals surface area contributed by atoms with Gasteiger partial charge in [-0.05, 0) is 24.1 Å². The van der Waals surface area contributed by atoms with Gasteiger partial charge >= 0.3 is 0 Å². The van der Waals surface area contributed by atoms with Crippen LogP contribution in [0.1, 0.15) is 5.56 Å². The van der Waals surface area contributed by atoms with Crippen molar-refractivity contribution >= 4 is 23.0 Å². The van der Waals surface area contributed by atoms with Crippen LogP contribution in [0, 0.1) is 17.0 Å². The lowest BCUT2D eigenvalue weighted by molar-refractivity contribution is -0.384. The fourth-order valence-corrected chi connectivity index (χ4v) is 2.74. The molecule has 3 aromatic rings. The molecule has 0 aliphatic heterocycles. The number of benzene rings is 2. The van der Waals surface area contributed by atoms with Crippen LogP contribution in [-0.2, 0) is 11.8 Å². The van der Waals surface area contributed by atoms with Crippen LogP contribution in [0.4, 0.5) is 5.69 Å². The molecule has 6 heteroatoms. The largest absolute Gasteiger partial charge is 0.372 e. The van der Waals surface area contributed by atoms with Gasteiger partial charge in [0.15, 0.2) is 0 Å². The first kappa shape index (κ1) is 16.2. The molecule has 0 saturated carbocycles. The number of nitro groups is 1. The number of nitrogens with zero attached hydrogens (tertiary/aromatic N) is 2. The number of nitro benzene ring substituents is 1. The molecule has 1 amide bonds. The first-order valence-electron chi connectivity index (χ1n) is 6.95. The number of carbonyl (C=O) groups is 1. The topological polar surface area (TPSA) is 91.2 Å². The molecule has 0 bridgehead atoms. The van der Waals surface area contributed by atoms with E-state index in [0.29, 0.717) is 0 Å². The molecule has 0 atom stereocenters. The summed E-state index contributed by atoms with van der Waals surface area (Å²) in [5, 5.41) is 11.8. The van der Waals surface area contributed by atoms with Gasteiger partial charge in [0.05, 0.1) is 10.6 Å². The maximum atomic E-state index is 10.9. The van der Waals surface area contributed by atoms with E-state index in [2.05, 4.69) is 22.4 Å². The van der Waals surface area contributed by atoms with E-state index in [1.807, 2.05) is 38.2 Å². The summed E-state index contributed by atoms with van der Waals surface area (Å²) in [4.78, 5) is 19.1. The molecule has 1 aromatic heterocycles. The lowest BCUT2D eigenvalue weighted by Gasteiger charge is -2.05. The number of aryl methyl sites for hydroxylation is 2. The van der Waals surface area contributed by atoms with Crippen molar-refractivity contribution in [2.75, 3.05) is 0 Å². The zero-order valence-electron chi connectivity index (χ0n) is 12.9. The number of nitrogens with two attached hydrogens (primary N) is 1. The van der Waals surface area contributed by atoms with Gasteiger partial charge in [-0.15, -0.1) is 0 Å². The number of non-ortho nitro benzene ring substituents is 1. The molecule has 0 fully saturated rings. The Morgan fingerprint density at radius 3 is 2.35 bits per heavy atom. The molecule has 0 aliphatic rings. The summed E-state index contributed by atoms with van der Waals surface area (Å²) in [6, 6.07) is 15.1. The van der Waals surface area contributed by atoms with Gasteiger partial charge in [0.2, 0.25) is 6.41 Å². The van der Waals surface area contributed by atoms with Crippen LogP contribution < -0.4 is 5.73 Å². The summed E-state index contributed by atoms with van der Waals surface area (Å²) in [7, 11) is 1.99. The number of hydrogen-bond donors (Lipinski definition) is 1. The number of amides is 1. The van der Waals surface area contributed by atoms with Crippen molar-refractivity contribution in [3.63, 3.8) is 0 Å². The molecule has 2 N–H and O–H groups in total. The van der Waals surface area contributed by atoms with Crippen molar-refractivity contribution in [1.82, 2.24) is 4.57 Å². The molecule has 0 aliphatic carbocycles. The molecular weight excluding hydrogens is 294 g/mol. The summed E-state index contributed by atoms with van der Waals surface area (Å²) in [6.07, 6.45) is 0.250. The van der Waals surface area contributed by atoms with Gasteiger partial charge < -0.3 is 10.3 Å². The van der Waals surface area contributed by atoms with E-state index in [1.54, 1.807) is 12.1 Å². The van der Waals surface area contributed by atoms with Crippen molar-refractivity contribution in [2.24, 2.45) is 12.8 Å². The SMILES string of the molecule is Cc1c(-c2ccccc2)n(C)c2ccc([N+](=O)[O-])cc12.NC=O. The standard InChI is InChI=1S/C16H14N2O2.CH3NO/c1-11-14-10-13(18(19)20)8-9-15(14)17(2)16(11)12-6-4-3-5-7-12;2-1-3/h3-10H,1-2H3;1H,(H2,2,3). The fourth-order valence-electron chi connectivity index (χ4n) is 2.74. The van der Waals surface area contributed by atoms with Gasteiger partial charge in [-0.25, -0.2) is 0 Å². The molecule has 1 heterocycles. The van der Waals surface area contributed by atoms with Crippen molar-refractivity contribution in [1.29, 1.82) is 0 Å². The minimum Gasteiger partial charge on any atom is -0.372 e. The van der Waals surface area contributed by atoms with Crippen LogP contribution in [0.5, 0.6) is 0 Å². The molecule has 0 saturated heterocycles. The third-order valence-electron chi connectivity index (χ3n) is 3.69. The van der Waals surface area contributed by atoms with Crippen LogP contribution in [-0.4, -0.2) is 15.9 Å². The Bertz CT molecular complexity index is 854. The smallest absolute Gasteiger partial charge is 0.270 e. The molecule has 0 radical (unpaired) electrons. The van der Waals surface area contributed by atoms with E-state index in [9.17, 15) is 10.1 Å². The molecule has 6 nitrogen and oxygen atoms in total. The summed E-state index contributed by atoms with van der Waals surface area (Å²) in [6.45, 7) is 2.01. The molecule has 2 aromatic carbocycles. The summed E-state index contributed by atoms with van der Waals surface area (Å²) in [5.74, 6) is 0. The predicted molar refractivity (Wildman–Crippen MR) is 90.0 cm³/mol. The second-order valence-corrected chi connectivity index (χ2v) is 4.99. The molecule has 3 rings (SSSR count). The van der Waals surface area contributed by atoms with Gasteiger partial charge in [-0.1, -0.05) is 30.3 Å². The second-order valence-electron chi connectivity index (χ2n) is 4.99. The van der Waals surface area contributed by atoms with Crippen LogP contribution in [0.25, 0.3) is 22.2 Å². The normalized spacial score (nSPS) is 10.0. The van der Waals surface area contributed by atoms with E-state index in [0.717, 1.165) is 27.7 Å². The van der Waals surface area contributed by atoms with Crippen LogP contribution in [0.2, 0.25) is 0 Å². The van der Waals surface area contributed by atoms with E-state index in [4.69, 9.17) is 4.79 Å². The third kappa shape index (κ3) is 3.06. The van der Waals surface area contributed by atoms with Crippen LogP contribution >= 0.6 is 0 Å². The summed E-state index contributed by atoms with van der Waals surface area (Å²) in [5.41, 5.74) is 8.59. The van der Waals surface area contributed by atoms with Crippen molar-refractivity contribution < 1.29 is 9.72 Å². The fraction of sp³-hybridized carbons (Fsp3) is 0.118. The second kappa shape index (κ2) is 6.74. The van der Waals surface area contributed by atoms with Gasteiger partial charge in [0.25, 0.3) is 5.69 Å². The first-order valence-corrected chi connectivity index (χ1v) is 6.95. The third-order valence-corrected chi connectivity index (χ3v) is 3.69. The maximum Gasteiger partial charge on any atom is 0.270 e. The van der Waals surface area contributed by atoms with Crippen LogP contribution in [0.15, 0.2) is 48.5 Å². The quantitative estimate of drug-likeness (QED) is 0.447. The lowest BCUT2D eigenvalue weighted by Crippen LogP contribution is -1.92. The average molecular weight is 311 g/mol. The molecule has 23 heavy (non-hydrogen) atoms. The predicted octanol–water partition coefficient (Wildman–Crippen LogP) is 3.16. The number of fused-ring (bicyclic) bond motifs is 1. The monoisotopic (exact) mass is 311 g/mol. The van der Waals surface area contributed by atoms with Crippen molar-refractivity contribution in [3.8, 4) is 11.3 Å². The highest BCUT2D eigenvalue weighted by molar-refractivity contribution is 5.92. The Kier molecular flexibility index (Phi) is 4.75. The van der Waals surface area contributed by atoms with E-state index >= 15 is 0 Å². The highest BCUT2D eigenvalue weighted by atomic mass is 16.6. The summed E-state index contributed by atoms with van der Waals surface area (Å²) < 4.78 is 2.09. The lowest BCUT2D eigenvalue weighted by atomic mass is 10.1. The molecule has 118 valence electrons. The van der Waals surface area contributed by atoms with E-state index in [1.165, 1.54) is 0 Å². The Balaban J connectivity index is 0.000000595. The highest BCUT2D eigenvalue weighted by Crippen LogP contribution is 2.33. The zero-order chi connectivity index (χ0) is 17.0. The Hall–Kier alpha value is -3.15.